The Balaban J connectivity index is 1.78. The van der Waals surface area contributed by atoms with Crippen molar-refractivity contribution in [3.63, 3.8) is 0 Å². The van der Waals surface area contributed by atoms with Crippen molar-refractivity contribution in [2.45, 2.75) is 33.1 Å². The molecule has 0 spiro atoms. The number of fused-ring (bicyclic) bond motifs is 2. The first kappa shape index (κ1) is 22.7. The van der Waals surface area contributed by atoms with Crippen LogP contribution in [-0.2, 0) is 11.2 Å². The van der Waals surface area contributed by atoms with Crippen LogP contribution in [0.5, 0.6) is 11.5 Å². The summed E-state index contributed by atoms with van der Waals surface area (Å²) in [5.74, 6) is 0.775. The van der Waals surface area contributed by atoms with E-state index in [4.69, 9.17) is 18.3 Å². The number of aryl methyl sites for hydroxylation is 1. The van der Waals surface area contributed by atoms with Crippen LogP contribution in [0.4, 0.5) is 5.88 Å². The summed E-state index contributed by atoms with van der Waals surface area (Å²) in [6, 6.07) is 9.90. The maximum absolute atomic E-state index is 13.8. The lowest BCUT2D eigenvalue weighted by Gasteiger charge is -2.21. The van der Waals surface area contributed by atoms with Gasteiger partial charge >= 0.3 is 11.6 Å². The third-order valence-electron chi connectivity index (χ3n) is 6.35. The van der Waals surface area contributed by atoms with Gasteiger partial charge in [-0.05, 0) is 49.6 Å². The van der Waals surface area contributed by atoms with E-state index in [1.807, 2.05) is 11.8 Å². The molecule has 1 fully saturated rings. The molecule has 0 amide bonds. The first-order chi connectivity index (χ1) is 16.9. The molecule has 0 atom stereocenters. The highest BCUT2D eigenvalue weighted by Crippen LogP contribution is 2.35. The highest BCUT2D eigenvalue weighted by molar-refractivity contribution is 5.87. The van der Waals surface area contributed by atoms with E-state index in [-0.39, 0.29) is 23.2 Å². The number of carbonyl (C=O) groups excluding carboxylic acids is 1. The Labute approximate surface area is 200 Å². The SMILES string of the molecule is COc1ccc2c(=O)c(Cc3c(OC(C)=O)ccc4c(C)cc(=O)oc34)c(N3CCCC3)oc2c1. The number of carbonyl (C=O) groups is 1. The predicted molar refractivity (Wildman–Crippen MR) is 132 cm³/mol. The van der Waals surface area contributed by atoms with Crippen molar-refractivity contribution in [2.75, 3.05) is 25.1 Å². The zero-order valence-electron chi connectivity index (χ0n) is 19.8. The Morgan fingerprint density at radius 2 is 1.74 bits per heavy atom. The van der Waals surface area contributed by atoms with Gasteiger partial charge in [-0.2, -0.15) is 0 Å². The monoisotopic (exact) mass is 475 g/mol. The Bertz CT molecular complexity index is 1580. The van der Waals surface area contributed by atoms with E-state index in [1.54, 1.807) is 37.4 Å². The molecule has 8 nitrogen and oxygen atoms in total. The second-order valence-corrected chi connectivity index (χ2v) is 8.71. The topological polar surface area (TPSA) is 99.2 Å². The van der Waals surface area contributed by atoms with Crippen molar-refractivity contribution in [1.82, 2.24) is 0 Å². The molecule has 1 saturated heterocycles. The van der Waals surface area contributed by atoms with Crippen LogP contribution in [0.15, 0.2) is 54.8 Å². The second-order valence-electron chi connectivity index (χ2n) is 8.71. The van der Waals surface area contributed by atoms with Crippen LogP contribution in [0.25, 0.3) is 21.9 Å². The van der Waals surface area contributed by atoms with Gasteiger partial charge in [-0.15, -0.1) is 0 Å². The minimum absolute atomic E-state index is 0.0580. The second kappa shape index (κ2) is 8.94. The Morgan fingerprint density at radius 3 is 2.46 bits per heavy atom. The molecule has 0 aliphatic carbocycles. The summed E-state index contributed by atoms with van der Waals surface area (Å²) < 4.78 is 22.7. The Morgan fingerprint density at radius 1 is 1.00 bits per heavy atom. The average Bonchev–Trinajstić information content (AvgIpc) is 3.36. The largest absolute Gasteiger partial charge is 0.497 e. The fourth-order valence-electron chi connectivity index (χ4n) is 4.67. The minimum Gasteiger partial charge on any atom is -0.497 e. The molecule has 0 N–H and O–H groups in total. The fraction of sp³-hybridized carbons (Fsp3) is 0.296. The summed E-state index contributed by atoms with van der Waals surface area (Å²) in [6.45, 7) is 4.62. The molecule has 2 aromatic carbocycles. The number of anilines is 1. The van der Waals surface area contributed by atoms with Gasteiger partial charge in [0.15, 0.2) is 5.43 Å². The van der Waals surface area contributed by atoms with E-state index in [0.29, 0.717) is 39.1 Å². The average molecular weight is 475 g/mol. The van der Waals surface area contributed by atoms with Crippen LogP contribution in [0, 0.1) is 6.92 Å². The molecule has 4 aromatic rings. The normalized spacial score (nSPS) is 13.5. The van der Waals surface area contributed by atoms with Gasteiger partial charge in [0.2, 0.25) is 5.88 Å². The quantitative estimate of drug-likeness (QED) is 0.239. The highest BCUT2D eigenvalue weighted by atomic mass is 16.5. The fourth-order valence-corrected chi connectivity index (χ4v) is 4.67. The van der Waals surface area contributed by atoms with Crippen molar-refractivity contribution < 1.29 is 23.1 Å². The lowest BCUT2D eigenvalue weighted by molar-refractivity contribution is -0.131. The molecule has 0 bridgehead atoms. The summed E-state index contributed by atoms with van der Waals surface area (Å²) >= 11 is 0. The summed E-state index contributed by atoms with van der Waals surface area (Å²) in [6.07, 6.45) is 2.03. The van der Waals surface area contributed by atoms with E-state index < -0.39 is 11.6 Å². The van der Waals surface area contributed by atoms with Gasteiger partial charge in [0, 0.05) is 49.5 Å². The summed E-state index contributed by atoms with van der Waals surface area (Å²) in [5.41, 5.74) is 1.58. The zero-order chi connectivity index (χ0) is 24.7. The van der Waals surface area contributed by atoms with Crippen LogP contribution in [-0.4, -0.2) is 26.2 Å². The van der Waals surface area contributed by atoms with Crippen molar-refractivity contribution >= 4 is 33.8 Å². The lowest BCUT2D eigenvalue weighted by Crippen LogP contribution is -2.24. The molecule has 1 aliphatic rings. The van der Waals surface area contributed by atoms with Crippen molar-refractivity contribution in [2.24, 2.45) is 0 Å². The van der Waals surface area contributed by atoms with Crippen LogP contribution in [0.3, 0.4) is 0 Å². The number of ether oxygens (including phenoxy) is 2. The van der Waals surface area contributed by atoms with Crippen molar-refractivity contribution in [3.8, 4) is 11.5 Å². The first-order valence-corrected chi connectivity index (χ1v) is 11.5. The zero-order valence-corrected chi connectivity index (χ0v) is 19.8. The van der Waals surface area contributed by atoms with Gasteiger partial charge in [0.1, 0.15) is 22.7 Å². The molecule has 0 unspecified atom stereocenters. The molecule has 5 rings (SSSR count). The van der Waals surface area contributed by atoms with E-state index in [1.165, 1.54) is 13.0 Å². The van der Waals surface area contributed by atoms with Gasteiger partial charge in [0.25, 0.3) is 0 Å². The summed E-state index contributed by atoms with van der Waals surface area (Å²) in [5, 5.41) is 1.11. The number of hydrogen-bond acceptors (Lipinski definition) is 8. The highest BCUT2D eigenvalue weighted by Gasteiger charge is 2.26. The van der Waals surface area contributed by atoms with Crippen LogP contribution in [0.2, 0.25) is 0 Å². The molecule has 1 aliphatic heterocycles. The smallest absolute Gasteiger partial charge is 0.336 e. The first-order valence-electron chi connectivity index (χ1n) is 11.5. The third kappa shape index (κ3) is 4.16. The van der Waals surface area contributed by atoms with E-state index in [0.717, 1.165) is 31.5 Å². The Kier molecular flexibility index (Phi) is 5.80. The third-order valence-corrected chi connectivity index (χ3v) is 6.35. The number of benzene rings is 2. The molecule has 8 heteroatoms. The number of methoxy groups -OCH3 is 1. The maximum atomic E-state index is 13.8. The minimum atomic E-state index is -0.520. The van der Waals surface area contributed by atoms with Crippen LogP contribution >= 0.6 is 0 Å². The van der Waals surface area contributed by atoms with Crippen LogP contribution < -0.4 is 25.4 Å². The van der Waals surface area contributed by atoms with E-state index >= 15 is 0 Å². The molecular formula is C27H25NO7. The summed E-state index contributed by atoms with van der Waals surface area (Å²) in [7, 11) is 1.56. The van der Waals surface area contributed by atoms with Gasteiger partial charge in [-0.1, -0.05) is 0 Å². The van der Waals surface area contributed by atoms with Gasteiger partial charge in [0.05, 0.1) is 18.1 Å². The van der Waals surface area contributed by atoms with Crippen molar-refractivity contribution in [3.05, 3.63) is 73.7 Å². The van der Waals surface area contributed by atoms with Gasteiger partial charge < -0.3 is 23.2 Å². The predicted octanol–water partition coefficient (Wildman–Crippen LogP) is 4.33. The summed E-state index contributed by atoms with van der Waals surface area (Å²) in [4.78, 5) is 39.9. The standard InChI is InChI=1S/C27H25NO7/c1-15-12-24(30)35-26-18(15)8-9-22(33-16(2)29)20(26)14-21-25(31)19-7-6-17(32-3)13-23(19)34-27(21)28-10-4-5-11-28/h6-9,12-13H,4-5,10-11,14H2,1-3H3. The molecule has 180 valence electrons. The van der Waals surface area contributed by atoms with E-state index in [9.17, 15) is 14.4 Å². The molecule has 35 heavy (non-hydrogen) atoms. The molecular weight excluding hydrogens is 450 g/mol. The van der Waals surface area contributed by atoms with Crippen LogP contribution in [0.1, 0.15) is 36.5 Å². The van der Waals surface area contributed by atoms with Crippen molar-refractivity contribution in [1.29, 1.82) is 0 Å². The number of esters is 1. The van der Waals surface area contributed by atoms with E-state index in [2.05, 4.69) is 0 Å². The number of nitrogens with zero attached hydrogens (tertiary/aromatic N) is 1. The van der Waals surface area contributed by atoms with Gasteiger partial charge in [-0.3, -0.25) is 9.59 Å². The number of rotatable bonds is 5. The molecule has 2 aromatic heterocycles. The molecule has 0 radical (unpaired) electrons. The molecule has 3 heterocycles. The molecule has 0 saturated carbocycles. The Hall–Kier alpha value is -4.07. The lowest BCUT2D eigenvalue weighted by atomic mass is 9.99. The van der Waals surface area contributed by atoms with Gasteiger partial charge in [-0.25, -0.2) is 4.79 Å². The maximum Gasteiger partial charge on any atom is 0.336 e. The number of hydrogen-bond donors (Lipinski definition) is 0.